The molecule has 0 fully saturated rings. The lowest BCUT2D eigenvalue weighted by Gasteiger charge is -2.41. The molecule has 0 aliphatic heterocycles. The zero-order chi connectivity index (χ0) is 14.5. The maximum absolute atomic E-state index is 12.1. The van der Waals surface area contributed by atoms with Crippen LogP contribution in [0.5, 0.6) is 0 Å². The fraction of sp³-hybridized carbons (Fsp3) is 0.368. The van der Waals surface area contributed by atoms with Gasteiger partial charge >= 0.3 is 0 Å². The van der Waals surface area contributed by atoms with Gasteiger partial charge in [0.2, 0.25) is 0 Å². The Bertz CT molecular complexity index is 572. The summed E-state index contributed by atoms with van der Waals surface area (Å²) in [7, 11) is 0. The predicted octanol–water partition coefficient (Wildman–Crippen LogP) is 5.14. The van der Waals surface area contributed by atoms with Crippen LogP contribution in [0.4, 0.5) is 0 Å². The van der Waals surface area contributed by atoms with Crippen molar-refractivity contribution in [2.24, 2.45) is 17.0 Å². The van der Waals surface area contributed by atoms with E-state index in [9.17, 15) is 4.91 Å². The van der Waals surface area contributed by atoms with Gasteiger partial charge in [-0.3, -0.25) is 0 Å². The summed E-state index contributed by atoms with van der Waals surface area (Å²) in [5.41, 5.74) is 0.415. The van der Waals surface area contributed by atoms with Crippen LogP contribution in [0, 0.1) is 16.7 Å². The third-order valence-electron chi connectivity index (χ3n) is 4.82. The van der Waals surface area contributed by atoms with Gasteiger partial charge in [0.05, 0.1) is 0 Å². The zero-order valence-electron chi connectivity index (χ0n) is 12.2. The van der Waals surface area contributed by atoms with Crippen LogP contribution in [-0.4, -0.2) is 0 Å². The van der Waals surface area contributed by atoms with Crippen molar-refractivity contribution in [3.05, 3.63) is 77.3 Å². The predicted molar refractivity (Wildman–Crippen MR) is 86.8 cm³/mol. The monoisotopic (exact) mass is 279 g/mol. The number of allylic oxidation sites excluding steroid dienone is 5. The minimum atomic E-state index is -0.646. The number of nitrogens with zero attached hydrogens (tertiary/aromatic N) is 1. The van der Waals surface area contributed by atoms with Crippen LogP contribution < -0.4 is 0 Å². The van der Waals surface area contributed by atoms with Gasteiger partial charge in [-0.15, -0.1) is 4.91 Å². The van der Waals surface area contributed by atoms with Crippen molar-refractivity contribution < 1.29 is 0 Å². The van der Waals surface area contributed by atoms with Crippen LogP contribution in [0.1, 0.15) is 31.2 Å². The summed E-state index contributed by atoms with van der Waals surface area (Å²) >= 11 is 0. The van der Waals surface area contributed by atoms with Crippen LogP contribution in [0.2, 0.25) is 0 Å². The summed E-state index contributed by atoms with van der Waals surface area (Å²) in [4.78, 5) is 12.1. The van der Waals surface area contributed by atoms with E-state index < -0.39 is 5.54 Å². The van der Waals surface area contributed by atoms with E-state index in [-0.39, 0.29) is 11.8 Å². The molecule has 0 heterocycles. The van der Waals surface area contributed by atoms with Crippen LogP contribution >= 0.6 is 0 Å². The van der Waals surface area contributed by atoms with Crippen molar-refractivity contribution in [1.29, 1.82) is 0 Å². The second kappa shape index (κ2) is 6.21. The molecule has 21 heavy (non-hydrogen) atoms. The van der Waals surface area contributed by atoms with Crippen molar-refractivity contribution in [1.82, 2.24) is 0 Å². The minimum Gasteiger partial charge on any atom is -0.150 e. The van der Waals surface area contributed by atoms with Gasteiger partial charge < -0.3 is 0 Å². The molecule has 0 bridgehead atoms. The quantitative estimate of drug-likeness (QED) is 0.554. The first-order chi connectivity index (χ1) is 10.4. The summed E-state index contributed by atoms with van der Waals surface area (Å²) < 4.78 is 0. The average Bonchev–Trinajstić information content (AvgIpc) is 2.59. The average molecular weight is 279 g/mol. The van der Waals surface area contributed by atoms with Gasteiger partial charge in [-0.25, -0.2) is 0 Å². The largest absolute Gasteiger partial charge is 0.150 e. The van der Waals surface area contributed by atoms with E-state index in [1.54, 1.807) is 0 Å². The van der Waals surface area contributed by atoms with Crippen molar-refractivity contribution in [2.45, 2.75) is 31.2 Å². The molecule has 108 valence electrons. The Hall–Kier alpha value is -1.96. The van der Waals surface area contributed by atoms with Crippen molar-refractivity contribution in [2.75, 3.05) is 0 Å². The van der Waals surface area contributed by atoms with Gasteiger partial charge in [0.25, 0.3) is 0 Å². The van der Waals surface area contributed by atoms with E-state index in [1.165, 1.54) is 0 Å². The summed E-state index contributed by atoms with van der Waals surface area (Å²) in [6, 6.07) is 10.1. The highest BCUT2D eigenvalue weighted by molar-refractivity contribution is 5.32. The lowest BCUT2D eigenvalue weighted by Crippen LogP contribution is -2.40. The molecule has 2 nitrogen and oxygen atoms in total. The zero-order valence-corrected chi connectivity index (χ0v) is 12.2. The fourth-order valence-corrected chi connectivity index (χ4v) is 3.75. The summed E-state index contributed by atoms with van der Waals surface area (Å²) in [5.74, 6) is 0.433. The Morgan fingerprint density at radius 3 is 2.48 bits per heavy atom. The van der Waals surface area contributed by atoms with Crippen LogP contribution in [0.15, 0.2) is 72.0 Å². The van der Waals surface area contributed by atoms with Gasteiger partial charge in [-0.05, 0) is 37.2 Å². The standard InChI is InChI=1S/C19H21NO/c21-20-19(16-10-4-1-5-11-16,17-12-6-2-7-13-17)18-14-8-3-9-15-18/h1-8,10-12,17-18H,9,13-15H2/t17?,18?,19-/m1/s1. The number of hydrogen-bond acceptors (Lipinski definition) is 2. The first-order valence-electron chi connectivity index (χ1n) is 7.76. The molecule has 1 aromatic rings. The second-order valence-corrected chi connectivity index (χ2v) is 5.92. The molecule has 0 aromatic heterocycles. The molecule has 0 amide bonds. The topological polar surface area (TPSA) is 29.4 Å². The first-order valence-corrected chi connectivity index (χ1v) is 7.76. The molecular formula is C19H21NO. The lowest BCUT2D eigenvalue weighted by atomic mass is 9.65. The number of hydrogen-bond donors (Lipinski definition) is 0. The molecule has 0 radical (unpaired) electrons. The van der Waals surface area contributed by atoms with E-state index in [0.717, 1.165) is 31.2 Å². The fourth-order valence-electron chi connectivity index (χ4n) is 3.75. The van der Waals surface area contributed by atoms with E-state index in [0.29, 0.717) is 0 Å². The molecule has 0 spiro atoms. The summed E-state index contributed by atoms with van der Waals surface area (Å²) in [5, 5.41) is 3.77. The number of rotatable bonds is 4. The Kier molecular flexibility index (Phi) is 4.14. The maximum Gasteiger partial charge on any atom is 0.137 e. The molecular weight excluding hydrogens is 258 g/mol. The second-order valence-electron chi connectivity index (χ2n) is 5.92. The highest BCUT2D eigenvalue weighted by Crippen LogP contribution is 2.48. The Morgan fingerprint density at radius 2 is 1.86 bits per heavy atom. The molecule has 0 saturated heterocycles. The Labute approximate surface area is 126 Å². The highest BCUT2D eigenvalue weighted by atomic mass is 16.3. The molecule has 0 N–H and O–H groups in total. The number of benzene rings is 1. The van der Waals surface area contributed by atoms with Gasteiger partial charge in [-0.1, -0.05) is 72.0 Å². The highest BCUT2D eigenvalue weighted by Gasteiger charge is 2.47. The van der Waals surface area contributed by atoms with E-state index in [2.05, 4.69) is 53.8 Å². The smallest absolute Gasteiger partial charge is 0.137 e. The SMILES string of the molecule is O=N[C@](c1ccccc1)(C1C=CC=CC1)C1CC=CCC1. The van der Waals surface area contributed by atoms with Crippen molar-refractivity contribution in [3.8, 4) is 0 Å². The molecule has 2 aliphatic rings. The van der Waals surface area contributed by atoms with E-state index in [4.69, 9.17) is 0 Å². The van der Waals surface area contributed by atoms with Crippen molar-refractivity contribution in [3.63, 3.8) is 0 Å². The van der Waals surface area contributed by atoms with Crippen LogP contribution in [0.3, 0.4) is 0 Å². The molecule has 2 aliphatic carbocycles. The van der Waals surface area contributed by atoms with E-state index >= 15 is 0 Å². The maximum atomic E-state index is 12.1. The third kappa shape index (κ3) is 2.51. The van der Waals surface area contributed by atoms with Gasteiger partial charge in [0, 0.05) is 5.92 Å². The normalized spacial score (nSPS) is 27.2. The van der Waals surface area contributed by atoms with Gasteiger partial charge in [-0.2, -0.15) is 0 Å². The molecule has 2 unspecified atom stereocenters. The molecule has 3 atom stereocenters. The first kappa shape index (κ1) is 14.0. The molecule has 2 heteroatoms. The van der Waals surface area contributed by atoms with Gasteiger partial charge in [0.1, 0.15) is 5.54 Å². The van der Waals surface area contributed by atoms with E-state index in [1.807, 2.05) is 18.2 Å². The lowest BCUT2D eigenvalue weighted by molar-refractivity contribution is 0.191. The summed E-state index contributed by atoms with van der Waals surface area (Å²) in [6.07, 6.45) is 16.7. The van der Waals surface area contributed by atoms with Crippen LogP contribution in [-0.2, 0) is 5.54 Å². The molecule has 1 aromatic carbocycles. The van der Waals surface area contributed by atoms with Crippen LogP contribution in [0.25, 0.3) is 0 Å². The van der Waals surface area contributed by atoms with Crippen molar-refractivity contribution >= 4 is 0 Å². The third-order valence-corrected chi connectivity index (χ3v) is 4.82. The molecule has 3 rings (SSSR count). The molecule has 0 saturated carbocycles. The Morgan fingerprint density at radius 1 is 1.00 bits per heavy atom. The summed E-state index contributed by atoms with van der Waals surface area (Å²) in [6.45, 7) is 0. The van der Waals surface area contributed by atoms with Gasteiger partial charge in [0.15, 0.2) is 0 Å². The Balaban J connectivity index is 2.07. The minimum absolute atomic E-state index is 0.152. The number of nitroso groups, excluding NO2 is 1.